The molecule has 0 spiro atoms. The molecule has 5 heterocycles. The topological polar surface area (TPSA) is 397 Å². The van der Waals surface area contributed by atoms with Crippen LogP contribution in [0.4, 0.5) is 26.7 Å². The summed E-state index contributed by atoms with van der Waals surface area (Å²) in [5.41, 5.74) is 4.88. The van der Waals surface area contributed by atoms with Gasteiger partial charge >= 0.3 is 12.2 Å². The zero-order chi connectivity index (χ0) is 78.7. The van der Waals surface area contributed by atoms with Gasteiger partial charge in [0, 0.05) is 136 Å². The molecular weight excluding hydrogens is 1410 g/mol. The van der Waals surface area contributed by atoms with Crippen LogP contribution >= 0.6 is 11.3 Å². The molecule has 0 aromatic heterocycles. The molecule has 5 aliphatic heterocycles. The molecule has 0 unspecified atom stereocenters. The Kier molecular flexibility index (Phi) is 27.4. The van der Waals surface area contributed by atoms with Crippen molar-refractivity contribution in [1.29, 1.82) is 0 Å². The van der Waals surface area contributed by atoms with E-state index in [9.17, 15) is 58.8 Å². The number of phenols is 1. The lowest BCUT2D eigenvalue weighted by Gasteiger charge is -2.37. The number of primary amides is 1. The fourth-order valence-electron chi connectivity index (χ4n) is 14.4. The largest absolute Gasteiger partial charge is 0.507 e. The number of rotatable bonds is 24. The van der Waals surface area contributed by atoms with E-state index in [1.54, 1.807) is 97.0 Å². The molecule has 3 aromatic rings. The van der Waals surface area contributed by atoms with Gasteiger partial charge in [-0.2, -0.15) is 0 Å². The first-order chi connectivity index (χ1) is 51.2. The Morgan fingerprint density at radius 2 is 1.55 bits per heavy atom. The minimum Gasteiger partial charge on any atom is -0.507 e. The number of aliphatic hydroxyl groups excluding tert-OH is 2. The normalized spacial score (nSPS) is 24.0. The Balaban J connectivity index is 1.07. The second-order valence-corrected chi connectivity index (χ2v) is 30.7. The van der Waals surface area contributed by atoms with Crippen LogP contribution in [-0.2, 0) is 44.8 Å². The van der Waals surface area contributed by atoms with Crippen LogP contribution in [-0.4, -0.2) is 184 Å². The molecule has 1 saturated heterocycles. The Morgan fingerprint density at radius 3 is 2.19 bits per heavy atom. The summed E-state index contributed by atoms with van der Waals surface area (Å²) < 4.78 is 25.4. The van der Waals surface area contributed by atoms with E-state index in [0.717, 1.165) is 41.6 Å². The lowest BCUT2D eigenvalue weighted by Crippen LogP contribution is -2.54. The highest BCUT2D eigenvalue weighted by atomic mass is 32.1. The molecule has 29 heteroatoms. The molecule has 1 fully saturated rings. The molecule has 0 saturated carbocycles. The number of benzene rings is 4. The summed E-state index contributed by atoms with van der Waals surface area (Å²) >= 11 is 1.13. The zero-order valence-electron chi connectivity index (χ0n) is 63.3. The average Bonchev–Trinajstić information content (AvgIpc) is 1.23. The van der Waals surface area contributed by atoms with Crippen molar-refractivity contribution >= 4 is 103 Å². The van der Waals surface area contributed by atoms with Gasteiger partial charge in [-0.05, 0) is 82.1 Å². The number of aromatic hydroxyl groups is 1. The van der Waals surface area contributed by atoms with E-state index in [-0.39, 0.29) is 107 Å². The van der Waals surface area contributed by atoms with E-state index in [2.05, 4.69) is 50.2 Å². The number of nitrogens with one attached hydrogen (secondary N) is 5. The minimum atomic E-state index is -1.69. The summed E-state index contributed by atoms with van der Waals surface area (Å²) in [6.45, 7) is 23.2. The van der Waals surface area contributed by atoms with Crippen LogP contribution in [0, 0.1) is 42.4 Å². The number of phenolic OH excluding ortho intramolecular Hbond substituents is 1. The van der Waals surface area contributed by atoms with Gasteiger partial charge in [0.15, 0.2) is 5.60 Å². The molecule has 4 bridgehead atoms. The molecule has 108 heavy (non-hydrogen) atoms. The third kappa shape index (κ3) is 19.2. The summed E-state index contributed by atoms with van der Waals surface area (Å²) in [5.74, 6) is -6.85. The number of fused-ring (bicyclic) bond motifs is 2. The molecule has 11 atom stereocenters. The number of aliphatic hydroxyl groups is 2. The van der Waals surface area contributed by atoms with Gasteiger partial charge in [-0.15, -0.1) is 11.3 Å². The van der Waals surface area contributed by atoms with Gasteiger partial charge in [0.1, 0.15) is 53.2 Å². The maximum atomic E-state index is 15.6. The van der Waals surface area contributed by atoms with E-state index < -0.39 is 124 Å². The second kappa shape index (κ2) is 35.9. The monoisotopic (exact) mass is 1510 g/mol. The first kappa shape index (κ1) is 82.3. The summed E-state index contributed by atoms with van der Waals surface area (Å²) in [6.07, 6.45) is 6.13. The van der Waals surface area contributed by atoms with Crippen molar-refractivity contribution in [2.75, 3.05) is 68.5 Å². The van der Waals surface area contributed by atoms with Crippen LogP contribution in [0.2, 0.25) is 0 Å². The number of hydrogen-bond acceptors (Lipinski definition) is 21. The first-order valence-corrected chi connectivity index (χ1v) is 37.7. The fourth-order valence-corrected chi connectivity index (χ4v) is 15.5. The van der Waals surface area contributed by atoms with E-state index in [1.807, 2.05) is 12.1 Å². The van der Waals surface area contributed by atoms with Crippen molar-refractivity contribution in [2.45, 2.75) is 170 Å². The second-order valence-electron chi connectivity index (χ2n) is 29.7. The molecule has 6 aliphatic rings. The van der Waals surface area contributed by atoms with E-state index >= 15 is 9.59 Å². The van der Waals surface area contributed by atoms with Crippen molar-refractivity contribution in [3.8, 4) is 27.8 Å². The Morgan fingerprint density at radius 1 is 0.852 bits per heavy atom. The molecule has 1 aliphatic carbocycles. The number of carbonyl (C=O) groups excluding carboxylic acids is 8. The summed E-state index contributed by atoms with van der Waals surface area (Å²) in [4.78, 5) is 146. The van der Waals surface area contributed by atoms with Crippen LogP contribution in [0.3, 0.4) is 0 Å². The number of ketones is 1. The minimum absolute atomic E-state index is 0.00357. The number of imide groups is 1. The number of unbranched alkanes of at least 4 members (excludes halogenated alkanes) is 2. The fraction of sp³-hybridized carbons (Fsp3) is 0.506. The number of urea groups is 1. The van der Waals surface area contributed by atoms with Crippen LogP contribution in [0.15, 0.2) is 89.3 Å². The van der Waals surface area contributed by atoms with Gasteiger partial charge < -0.3 is 76.6 Å². The number of carboxylic acid groups (broad SMARTS) is 1. The van der Waals surface area contributed by atoms with Gasteiger partial charge in [-0.3, -0.25) is 48.2 Å². The first-order valence-electron chi connectivity index (χ1n) is 36.9. The summed E-state index contributed by atoms with van der Waals surface area (Å²) in [7, 11) is 1.42. The van der Waals surface area contributed by atoms with Crippen molar-refractivity contribution < 1.29 is 82.5 Å². The quantitative estimate of drug-likeness (QED) is 0.00688. The molecule has 3 aromatic carbocycles. The maximum absolute atomic E-state index is 15.6. The Labute approximate surface area is 631 Å². The molecule has 582 valence electrons. The molecule has 11 N–H and O–H groups in total. The number of allylic oxidation sites excluding steroid dienone is 2. The highest BCUT2D eigenvalue weighted by Crippen LogP contribution is 2.53. The lowest BCUT2D eigenvalue weighted by atomic mass is 9.78. The van der Waals surface area contributed by atoms with Gasteiger partial charge in [-0.1, -0.05) is 104 Å². The number of anilines is 3. The summed E-state index contributed by atoms with van der Waals surface area (Å²) in [6, 6.07) is 7.68. The lowest BCUT2D eigenvalue weighted by molar-refractivity contribution is -0.137. The third-order valence-electron chi connectivity index (χ3n) is 20.7. The SMILES string of the molecule is CO[C@H]1/C=C/C[C@@]2(C)Oc3c(C)c(O)c4c(=O)c(c5sc6cc(N7CCN(CC(C)C)CC7)cc(OCc7ccc(NC(=O)[C@H](CCCNC(N)=O)NC(=O)[C@@H](NC(=O)CCCCCN8C(=O)C=CC8=O)C(C)C)cc7)c6nc-5c4c3C2=O)NC(=O)/C(C)=C\C=C\[C@H](C)[C@H](O)[C@@H](C)[C@@H](O)[C@@H](C)[C@H](OC(=O)O)[C@@H]1C. The van der Waals surface area contributed by atoms with Crippen LogP contribution < -0.4 is 52.1 Å². The van der Waals surface area contributed by atoms with E-state index in [1.165, 1.54) is 39.2 Å². The number of nitrogens with zero attached hydrogens (tertiary/aromatic N) is 4. The number of methoxy groups -OCH3 is 1. The number of piperazine rings is 1. The molecule has 9 rings (SSSR count). The number of nitrogens with two attached hydrogens (primary N) is 1. The van der Waals surface area contributed by atoms with Crippen molar-refractivity contribution in [1.82, 2.24) is 30.7 Å². The van der Waals surface area contributed by atoms with E-state index in [0.29, 0.717) is 65.5 Å². The molecular formula is C79H102N10O18S. The Hall–Kier alpha value is -9.81. The molecule has 0 radical (unpaired) electrons. The number of carbonyl (C=O) groups is 9. The van der Waals surface area contributed by atoms with Crippen molar-refractivity contribution in [3.05, 3.63) is 111 Å². The number of amides is 8. The average molecular weight is 1510 g/mol. The Bertz CT molecular complexity index is 4360. The van der Waals surface area contributed by atoms with Gasteiger partial charge in [0.2, 0.25) is 28.9 Å². The predicted octanol–water partition coefficient (Wildman–Crippen LogP) is 8.86. The standard InChI is InChI=1S/C79H102N10O18S/c1-41(2)39-87-33-35-88(36-34-87)51-37-54(105-40-49-24-26-50(27-25-49)82-75(99)52(21-18-31-81-77(80)101)83-76(100)62(42(3)4)84-56(90)23-14-13-15-32-89-57(91)28-29-58(89)92)63-55(38-51)108-72-64(85-63)59-60-68(95)48(10)71-61(59)73(97)79(11,107-71)30-17-22-53(104-12)45(7)70(106-78(102)103)47(9)67(94)46(8)66(93)43(5)19-16-20-44(6)74(98)86-65(72)69(60)96/h16-17,19-20,22,24-29,37-38,41-43,45-47,52-53,62,66-67,70,93-95H,13-15,18,21,23,30-36,39-40H2,1-12H3,(H,82,99)(H,83,100)(H,84,90)(H,86,98)(H,102,103)(H3,80,81,101)/b19-16+,22-17+,44-20-/t43-,45+,46+,47+,52-,53-,62-,66-,67+,70+,79+/m0/s1. The number of aromatic nitrogens is 1. The van der Waals surface area contributed by atoms with Crippen LogP contribution in [0.25, 0.3) is 31.6 Å². The molecule has 8 amide bonds. The molecule has 28 nitrogen and oxygen atoms in total. The zero-order valence-corrected chi connectivity index (χ0v) is 64.1. The van der Waals surface area contributed by atoms with Gasteiger partial charge in [-0.25, -0.2) is 14.6 Å². The highest BCUT2D eigenvalue weighted by molar-refractivity contribution is 7.22. The number of Topliss-reactive ketones (excluding diaryl/α,β-unsaturated/α-hetero) is 1. The number of ether oxygens (including phenoxy) is 4. The summed E-state index contributed by atoms with van der Waals surface area (Å²) in [5, 5.41) is 59.3. The maximum Gasteiger partial charge on any atom is 0.506 e. The third-order valence-corrected chi connectivity index (χ3v) is 21.9. The smallest absolute Gasteiger partial charge is 0.506 e. The number of hydrogen-bond donors (Lipinski definition) is 10. The van der Waals surface area contributed by atoms with Crippen molar-refractivity contribution in [2.24, 2.45) is 41.2 Å². The highest BCUT2D eigenvalue weighted by Gasteiger charge is 2.48. The van der Waals surface area contributed by atoms with Crippen molar-refractivity contribution in [3.63, 3.8) is 0 Å². The predicted molar refractivity (Wildman–Crippen MR) is 410 cm³/mol. The van der Waals surface area contributed by atoms with Crippen LogP contribution in [0.5, 0.6) is 17.2 Å². The van der Waals surface area contributed by atoms with Crippen LogP contribution in [0.1, 0.15) is 136 Å². The van der Waals surface area contributed by atoms with E-state index in [4.69, 9.17) is 29.7 Å². The van der Waals surface area contributed by atoms with Gasteiger partial charge in [0.05, 0.1) is 44.5 Å². The van der Waals surface area contributed by atoms with Gasteiger partial charge in [0.25, 0.3) is 17.7 Å².